The van der Waals surface area contributed by atoms with Crippen LogP contribution in [0, 0.1) is 0 Å². The van der Waals surface area contributed by atoms with E-state index < -0.39 is 0 Å². The quantitative estimate of drug-likeness (QED) is 0.766. The molecule has 1 aliphatic heterocycles. The van der Waals surface area contributed by atoms with Crippen LogP contribution in [0.4, 0.5) is 0 Å². The van der Waals surface area contributed by atoms with Gasteiger partial charge in [0.2, 0.25) is 5.91 Å². The average molecular weight is 223 g/mol. The average Bonchev–Trinajstić information content (AvgIpc) is 2.87. The van der Waals surface area contributed by atoms with Gasteiger partial charge in [-0.05, 0) is 12.8 Å². The highest BCUT2D eigenvalue weighted by Gasteiger charge is 2.26. The van der Waals surface area contributed by atoms with Crippen LogP contribution >= 0.6 is 0 Å². The smallest absolute Gasteiger partial charge is 0.219 e. The Morgan fingerprint density at radius 3 is 3.12 bits per heavy atom. The van der Waals surface area contributed by atoms with E-state index in [-0.39, 0.29) is 11.9 Å². The molecule has 2 rings (SSSR count). The summed E-state index contributed by atoms with van der Waals surface area (Å²) >= 11 is 0. The van der Waals surface area contributed by atoms with Gasteiger partial charge in [-0.15, -0.1) is 5.10 Å². The highest BCUT2D eigenvalue weighted by atomic mass is 16.2. The van der Waals surface area contributed by atoms with Gasteiger partial charge in [-0.2, -0.15) is 0 Å². The predicted octanol–water partition coefficient (Wildman–Crippen LogP) is -0.252. The first-order valence-electron chi connectivity index (χ1n) is 5.57. The van der Waals surface area contributed by atoms with Crippen molar-refractivity contribution in [2.45, 2.75) is 38.9 Å². The molecule has 6 heteroatoms. The number of hydrogen-bond donors (Lipinski definition) is 1. The van der Waals surface area contributed by atoms with Gasteiger partial charge in [0.05, 0.1) is 18.3 Å². The first-order chi connectivity index (χ1) is 7.70. The van der Waals surface area contributed by atoms with Crippen molar-refractivity contribution in [2.24, 2.45) is 5.73 Å². The lowest BCUT2D eigenvalue weighted by atomic mass is 10.2. The van der Waals surface area contributed by atoms with E-state index >= 15 is 0 Å². The summed E-state index contributed by atoms with van der Waals surface area (Å²) in [7, 11) is 0. The van der Waals surface area contributed by atoms with Gasteiger partial charge in [0, 0.05) is 26.2 Å². The lowest BCUT2D eigenvalue weighted by Gasteiger charge is -2.22. The molecule has 1 fully saturated rings. The number of rotatable bonds is 3. The molecule has 0 aliphatic carbocycles. The van der Waals surface area contributed by atoms with E-state index in [9.17, 15) is 4.79 Å². The van der Waals surface area contributed by atoms with E-state index in [0.29, 0.717) is 13.1 Å². The first kappa shape index (κ1) is 11.1. The summed E-state index contributed by atoms with van der Waals surface area (Å²) in [6.07, 6.45) is 3.96. The number of amides is 1. The van der Waals surface area contributed by atoms with Crippen LogP contribution < -0.4 is 5.73 Å². The van der Waals surface area contributed by atoms with Crippen LogP contribution in [0.25, 0.3) is 0 Å². The second-order valence-electron chi connectivity index (χ2n) is 4.14. The highest BCUT2D eigenvalue weighted by Crippen LogP contribution is 2.18. The molecule has 1 atom stereocenters. The van der Waals surface area contributed by atoms with Gasteiger partial charge in [-0.25, -0.2) is 0 Å². The van der Waals surface area contributed by atoms with Gasteiger partial charge in [-0.3, -0.25) is 9.48 Å². The van der Waals surface area contributed by atoms with Crippen molar-refractivity contribution in [3.05, 3.63) is 11.9 Å². The zero-order chi connectivity index (χ0) is 11.5. The maximum atomic E-state index is 11.4. The van der Waals surface area contributed by atoms with Crippen molar-refractivity contribution >= 4 is 5.91 Å². The van der Waals surface area contributed by atoms with E-state index in [0.717, 1.165) is 25.1 Å². The molecule has 0 unspecified atom stereocenters. The second kappa shape index (κ2) is 4.61. The van der Waals surface area contributed by atoms with Crippen molar-refractivity contribution in [2.75, 3.05) is 6.54 Å². The van der Waals surface area contributed by atoms with Crippen molar-refractivity contribution in [1.29, 1.82) is 0 Å². The fraction of sp³-hybridized carbons (Fsp3) is 0.700. The van der Waals surface area contributed by atoms with E-state index in [1.54, 1.807) is 11.6 Å². The third-order valence-electron chi connectivity index (χ3n) is 2.97. The largest absolute Gasteiger partial charge is 0.338 e. The van der Waals surface area contributed by atoms with Crippen molar-refractivity contribution in [1.82, 2.24) is 19.9 Å². The standard InChI is InChI=1S/C10H17N5O/c1-8(16)15-4-2-3-10(15)7-14-6-9(5-11)12-13-14/h6,10H,2-5,7,11H2,1H3/t10-/m0/s1. The van der Waals surface area contributed by atoms with Crippen LogP contribution in [-0.2, 0) is 17.9 Å². The van der Waals surface area contributed by atoms with E-state index in [1.165, 1.54) is 0 Å². The topological polar surface area (TPSA) is 77.0 Å². The first-order valence-corrected chi connectivity index (χ1v) is 5.57. The fourth-order valence-electron chi connectivity index (χ4n) is 2.18. The van der Waals surface area contributed by atoms with E-state index in [1.807, 2.05) is 11.1 Å². The van der Waals surface area contributed by atoms with Gasteiger partial charge in [0.15, 0.2) is 0 Å². The maximum Gasteiger partial charge on any atom is 0.219 e. The molecule has 0 radical (unpaired) electrons. The van der Waals surface area contributed by atoms with Crippen molar-refractivity contribution in [3.8, 4) is 0 Å². The number of hydrogen-bond acceptors (Lipinski definition) is 4. The maximum absolute atomic E-state index is 11.4. The van der Waals surface area contributed by atoms with E-state index in [2.05, 4.69) is 10.3 Å². The molecule has 1 aromatic heterocycles. The van der Waals surface area contributed by atoms with Crippen LogP contribution in [0.5, 0.6) is 0 Å². The van der Waals surface area contributed by atoms with Crippen LogP contribution in [0.15, 0.2) is 6.20 Å². The molecule has 1 aliphatic rings. The minimum absolute atomic E-state index is 0.140. The van der Waals surface area contributed by atoms with Gasteiger partial charge in [0.25, 0.3) is 0 Å². The monoisotopic (exact) mass is 223 g/mol. The highest BCUT2D eigenvalue weighted by molar-refractivity contribution is 5.73. The molecule has 6 nitrogen and oxygen atoms in total. The van der Waals surface area contributed by atoms with E-state index in [4.69, 9.17) is 5.73 Å². The van der Waals surface area contributed by atoms with Crippen LogP contribution in [0.3, 0.4) is 0 Å². The number of nitrogens with two attached hydrogens (primary N) is 1. The Morgan fingerprint density at radius 1 is 1.69 bits per heavy atom. The van der Waals surface area contributed by atoms with Crippen LogP contribution in [0.2, 0.25) is 0 Å². The predicted molar refractivity (Wildman–Crippen MR) is 58.3 cm³/mol. The molecule has 0 bridgehead atoms. The lowest BCUT2D eigenvalue weighted by Crippen LogP contribution is -2.36. The summed E-state index contributed by atoms with van der Waals surface area (Å²) < 4.78 is 1.77. The Morgan fingerprint density at radius 2 is 2.50 bits per heavy atom. The Balaban J connectivity index is 2.00. The Bertz CT molecular complexity index is 375. The van der Waals surface area contributed by atoms with Crippen molar-refractivity contribution < 1.29 is 4.79 Å². The number of likely N-dealkylation sites (tertiary alicyclic amines) is 1. The fourth-order valence-corrected chi connectivity index (χ4v) is 2.18. The lowest BCUT2D eigenvalue weighted by molar-refractivity contribution is -0.129. The van der Waals surface area contributed by atoms with Gasteiger partial charge >= 0.3 is 0 Å². The number of carbonyl (C=O) groups excluding carboxylic acids is 1. The summed E-state index contributed by atoms with van der Waals surface area (Å²) in [6, 6.07) is 0.254. The van der Waals surface area contributed by atoms with Gasteiger partial charge < -0.3 is 10.6 Å². The third kappa shape index (κ3) is 2.21. The summed E-state index contributed by atoms with van der Waals surface area (Å²) in [5, 5.41) is 7.92. The molecular weight excluding hydrogens is 206 g/mol. The summed E-state index contributed by atoms with van der Waals surface area (Å²) in [6.45, 7) is 3.59. The molecule has 1 aromatic rings. The summed E-state index contributed by atoms with van der Waals surface area (Å²) in [5.74, 6) is 0.140. The van der Waals surface area contributed by atoms with Gasteiger partial charge in [0.1, 0.15) is 0 Å². The van der Waals surface area contributed by atoms with Gasteiger partial charge in [-0.1, -0.05) is 5.21 Å². The normalized spacial score (nSPS) is 20.4. The SMILES string of the molecule is CC(=O)N1CCC[C@H]1Cn1cc(CN)nn1. The molecule has 0 aromatic carbocycles. The Hall–Kier alpha value is -1.43. The zero-order valence-electron chi connectivity index (χ0n) is 9.46. The molecule has 1 saturated heterocycles. The molecule has 0 saturated carbocycles. The number of carbonyl (C=O) groups is 1. The molecule has 2 heterocycles. The molecule has 88 valence electrons. The third-order valence-corrected chi connectivity index (χ3v) is 2.97. The summed E-state index contributed by atoms with van der Waals surface area (Å²) in [5.41, 5.74) is 6.25. The van der Waals surface area contributed by atoms with Crippen molar-refractivity contribution in [3.63, 3.8) is 0 Å². The number of nitrogens with zero attached hydrogens (tertiary/aromatic N) is 4. The molecule has 0 spiro atoms. The van der Waals surface area contributed by atoms with Crippen LogP contribution in [0.1, 0.15) is 25.5 Å². The zero-order valence-corrected chi connectivity index (χ0v) is 9.46. The molecule has 2 N–H and O–H groups in total. The molecule has 1 amide bonds. The second-order valence-corrected chi connectivity index (χ2v) is 4.14. The van der Waals surface area contributed by atoms with Crippen LogP contribution in [-0.4, -0.2) is 38.4 Å². The number of aromatic nitrogens is 3. The Labute approximate surface area is 94.4 Å². The molecule has 16 heavy (non-hydrogen) atoms. The summed E-state index contributed by atoms with van der Waals surface area (Å²) in [4.78, 5) is 13.3. The minimum Gasteiger partial charge on any atom is -0.338 e. The minimum atomic E-state index is 0.140. The molecular formula is C10H17N5O. The Kier molecular flexibility index (Phi) is 3.19.